The number of anilines is 1. The van der Waals surface area contributed by atoms with Gasteiger partial charge in [-0.1, -0.05) is 18.2 Å². The Morgan fingerprint density at radius 3 is 2.46 bits per heavy atom. The Bertz CT molecular complexity index is 1140. The Hall–Kier alpha value is -3.03. The third-order valence-electron chi connectivity index (χ3n) is 5.49. The lowest BCUT2D eigenvalue weighted by Gasteiger charge is -2.28. The summed E-state index contributed by atoms with van der Waals surface area (Å²) in [5.74, 6) is 1.49. The van der Waals surface area contributed by atoms with Gasteiger partial charge in [-0.15, -0.1) is 0 Å². The van der Waals surface area contributed by atoms with Crippen LogP contribution in [-0.2, 0) is 20.6 Å². The molecule has 0 spiro atoms. The fourth-order valence-electron chi connectivity index (χ4n) is 3.92. The van der Waals surface area contributed by atoms with Gasteiger partial charge in [-0.05, 0) is 25.3 Å². The van der Waals surface area contributed by atoms with Gasteiger partial charge in [0.1, 0.15) is 5.75 Å². The molecule has 3 aromatic rings. The molecule has 4 rings (SSSR count). The molecule has 1 fully saturated rings. The van der Waals surface area contributed by atoms with Crippen LogP contribution in [-0.4, -0.2) is 38.9 Å². The van der Waals surface area contributed by atoms with Gasteiger partial charge in [-0.3, -0.25) is 18.5 Å². The van der Waals surface area contributed by atoms with E-state index < -0.39 is 0 Å². The molecule has 8 heteroatoms. The van der Waals surface area contributed by atoms with E-state index >= 15 is 0 Å². The lowest BCUT2D eigenvalue weighted by Crippen LogP contribution is -2.37. The molecule has 8 nitrogen and oxygen atoms in total. The second-order valence-corrected chi connectivity index (χ2v) is 7.24. The van der Waals surface area contributed by atoms with Gasteiger partial charge >= 0.3 is 5.69 Å². The van der Waals surface area contributed by atoms with Crippen molar-refractivity contribution >= 4 is 17.1 Å². The molecular formula is C20H25N5O3. The van der Waals surface area contributed by atoms with Gasteiger partial charge in [0.2, 0.25) is 5.95 Å². The maximum atomic E-state index is 13.0. The zero-order chi connectivity index (χ0) is 19.8. The van der Waals surface area contributed by atoms with Crippen molar-refractivity contribution in [2.75, 3.05) is 25.1 Å². The highest BCUT2D eigenvalue weighted by Gasteiger charge is 2.24. The zero-order valence-electron chi connectivity index (χ0n) is 16.5. The highest BCUT2D eigenvalue weighted by molar-refractivity contribution is 5.75. The number of para-hydroxylation sites is 1. The Morgan fingerprint density at radius 1 is 1.04 bits per heavy atom. The Kier molecular flexibility index (Phi) is 4.70. The largest absolute Gasteiger partial charge is 0.496 e. The fraction of sp³-hybridized carbons (Fsp3) is 0.450. The molecule has 2 aromatic heterocycles. The molecule has 0 N–H and O–H groups in total. The molecule has 1 aliphatic heterocycles. The molecule has 0 aliphatic carbocycles. The van der Waals surface area contributed by atoms with Crippen molar-refractivity contribution < 1.29 is 4.74 Å². The minimum absolute atomic E-state index is 0.330. The number of hydrogen-bond donors (Lipinski definition) is 0. The van der Waals surface area contributed by atoms with E-state index in [1.54, 1.807) is 14.2 Å². The summed E-state index contributed by atoms with van der Waals surface area (Å²) in [6.07, 6.45) is 3.38. The van der Waals surface area contributed by atoms with Crippen LogP contribution in [0.15, 0.2) is 33.9 Å². The molecule has 0 saturated carbocycles. The van der Waals surface area contributed by atoms with Crippen LogP contribution in [0, 0.1) is 0 Å². The van der Waals surface area contributed by atoms with Crippen molar-refractivity contribution in [1.82, 2.24) is 18.7 Å². The number of piperidine rings is 1. The number of methoxy groups -OCH3 is 1. The topological polar surface area (TPSA) is 74.3 Å². The van der Waals surface area contributed by atoms with Gasteiger partial charge in [0.25, 0.3) is 5.56 Å². The number of benzene rings is 1. The molecule has 28 heavy (non-hydrogen) atoms. The number of aromatic nitrogens is 4. The molecule has 148 valence electrons. The molecule has 1 aliphatic rings. The van der Waals surface area contributed by atoms with E-state index in [9.17, 15) is 9.59 Å². The Balaban J connectivity index is 1.98. The average molecular weight is 383 g/mol. The molecule has 3 heterocycles. The van der Waals surface area contributed by atoms with Crippen molar-refractivity contribution in [3.05, 3.63) is 50.7 Å². The first-order valence-corrected chi connectivity index (χ1v) is 9.56. The Labute approximate surface area is 162 Å². The predicted octanol–water partition coefficient (Wildman–Crippen LogP) is 1.48. The van der Waals surface area contributed by atoms with E-state index in [2.05, 4.69) is 4.90 Å². The van der Waals surface area contributed by atoms with Gasteiger partial charge in [-0.2, -0.15) is 4.98 Å². The van der Waals surface area contributed by atoms with E-state index in [-0.39, 0.29) is 11.2 Å². The van der Waals surface area contributed by atoms with Gasteiger partial charge in [0.15, 0.2) is 11.2 Å². The summed E-state index contributed by atoms with van der Waals surface area (Å²) in [6, 6.07) is 7.76. The maximum absolute atomic E-state index is 13.0. The predicted molar refractivity (Wildman–Crippen MR) is 108 cm³/mol. The molecule has 0 unspecified atom stereocenters. The summed E-state index contributed by atoms with van der Waals surface area (Å²) >= 11 is 0. The Morgan fingerprint density at radius 2 is 1.75 bits per heavy atom. The van der Waals surface area contributed by atoms with Crippen LogP contribution in [0.4, 0.5) is 5.95 Å². The molecule has 0 bridgehead atoms. The first kappa shape index (κ1) is 18.3. The van der Waals surface area contributed by atoms with Crippen LogP contribution in [0.2, 0.25) is 0 Å². The highest BCUT2D eigenvalue weighted by Crippen LogP contribution is 2.26. The van der Waals surface area contributed by atoms with Crippen LogP contribution >= 0.6 is 0 Å². The normalized spacial score (nSPS) is 14.6. The van der Waals surface area contributed by atoms with Gasteiger partial charge in [-0.25, -0.2) is 4.79 Å². The number of imidazole rings is 1. The minimum atomic E-state index is -0.371. The minimum Gasteiger partial charge on any atom is -0.496 e. The summed E-state index contributed by atoms with van der Waals surface area (Å²) in [5.41, 5.74) is 1.12. The van der Waals surface area contributed by atoms with Gasteiger partial charge in [0, 0.05) is 32.7 Å². The van der Waals surface area contributed by atoms with E-state index in [1.165, 1.54) is 18.0 Å². The van der Waals surface area contributed by atoms with Gasteiger partial charge < -0.3 is 9.64 Å². The number of hydrogen-bond acceptors (Lipinski definition) is 5. The average Bonchev–Trinajstić information content (AvgIpc) is 3.11. The number of rotatable bonds is 4. The van der Waals surface area contributed by atoms with Gasteiger partial charge in [0.05, 0.1) is 13.7 Å². The first-order valence-electron chi connectivity index (χ1n) is 9.56. The maximum Gasteiger partial charge on any atom is 0.332 e. The quantitative estimate of drug-likeness (QED) is 0.682. The van der Waals surface area contributed by atoms with E-state index in [1.807, 2.05) is 28.8 Å². The SMILES string of the molecule is COc1ccccc1Cn1c(N2CCCCC2)nc2c1c(=O)n(C)c(=O)n2C. The van der Waals surface area contributed by atoms with Crippen LogP contribution < -0.4 is 20.9 Å². The third kappa shape index (κ3) is 2.89. The zero-order valence-corrected chi connectivity index (χ0v) is 16.5. The highest BCUT2D eigenvalue weighted by atomic mass is 16.5. The molecule has 1 aromatic carbocycles. The van der Waals surface area contributed by atoms with Crippen molar-refractivity contribution in [1.29, 1.82) is 0 Å². The van der Waals surface area contributed by atoms with Crippen molar-refractivity contribution in [3.63, 3.8) is 0 Å². The van der Waals surface area contributed by atoms with E-state index in [0.717, 1.165) is 47.8 Å². The smallest absolute Gasteiger partial charge is 0.332 e. The number of aryl methyl sites for hydroxylation is 1. The number of nitrogens with zero attached hydrogens (tertiary/aromatic N) is 5. The monoisotopic (exact) mass is 383 g/mol. The van der Waals surface area contributed by atoms with E-state index in [0.29, 0.717) is 17.7 Å². The summed E-state index contributed by atoms with van der Waals surface area (Å²) in [5, 5.41) is 0. The second-order valence-electron chi connectivity index (χ2n) is 7.24. The standard InChI is InChI=1S/C20H25N5O3/c1-22-17-16(18(26)23(2)20(22)27)25(13-14-9-5-6-10-15(14)28-3)19(21-17)24-11-7-4-8-12-24/h5-6,9-10H,4,7-8,11-13H2,1-3H3. The third-order valence-corrected chi connectivity index (χ3v) is 5.49. The summed E-state index contributed by atoms with van der Waals surface area (Å²) in [6.45, 7) is 2.23. The van der Waals surface area contributed by atoms with Crippen LogP contribution in [0.5, 0.6) is 5.75 Å². The fourth-order valence-corrected chi connectivity index (χ4v) is 3.92. The number of fused-ring (bicyclic) bond motifs is 1. The molecule has 0 radical (unpaired) electrons. The molecule has 0 atom stereocenters. The van der Waals surface area contributed by atoms with E-state index in [4.69, 9.17) is 9.72 Å². The first-order chi connectivity index (χ1) is 13.5. The van der Waals surface area contributed by atoms with Crippen molar-refractivity contribution in [2.45, 2.75) is 25.8 Å². The number of ether oxygens (including phenoxy) is 1. The summed E-state index contributed by atoms with van der Waals surface area (Å²) < 4.78 is 10.0. The lowest BCUT2D eigenvalue weighted by molar-refractivity contribution is 0.408. The molecule has 0 amide bonds. The van der Waals surface area contributed by atoms with Crippen molar-refractivity contribution in [3.8, 4) is 5.75 Å². The summed E-state index contributed by atoms with van der Waals surface area (Å²) in [4.78, 5) is 32.4. The van der Waals surface area contributed by atoms with Crippen LogP contribution in [0.25, 0.3) is 11.2 Å². The molecule has 1 saturated heterocycles. The second kappa shape index (κ2) is 7.18. The van der Waals surface area contributed by atoms with Crippen molar-refractivity contribution in [2.24, 2.45) is 14.1 Å². The van der Waals surface area contributed by atoms with Crippen LogP contribution in [0.1, 0.15) is 24.8 Å². The lowest BCUT2D eigenvalue weighted by atomic mass is 10.1. The van der Waals surface area contributed by atoms with Crippen LogP contribution in [0.3, 0.4) is 0 Å². The molecular weight excluding hydrogens is 358 g/mol. The summed E-state index contributed by atoms with van der Waals surface area (Å²) in [7, 11) is 4.80.